The van der Waals surface area contributed by atoms with Gasteiger partial charge in [-0.1, -0.05) is 6.07 Å². The van der Waals surface area contributed by atoms with E-state index in [-0.39, 0.29) is 5.75 Å². The maximum Gasteiger partial charge on any atom is 0.235 e. The van der Waals surface area contributed by atoms with Crippen LogP contribution in [-0.2, 0) is 10.3 Å². The minimum absolute atomic E-state index is 0.234. The highest BCUT2D eigenvalue weighted by molar-refractivity contribution is 5.90. The van der Waals surface area contributed by atoms with Gasteiger partial charge in [0.05, 0.1) is 0 Å². The number of fused-ring (bicyclic) bond motifs is 1. The number of phenols is 1. The van der Waals surface area contributed by atoms with Gasteiger partial charge in [-0.25, -0.2) is 4.79 Å². The maximum absolute atomic E-state index is 10.4. The monoisotopic (exact) mass is 228 g/mol. The lowest BCUT2D eigenvalue weighted by Gasteiger charge is -2.11. The summed E-state index contributed by atoms with van der Waals surface area (Å²) in [6, 6.07) is 3.75. The van der Waals surface area contributed by atoms with Crippen molar-refractivity contribution in [1.29, 1.82) is 0 Å². The second-order valence-electron chi connectivity index (χ2n) is 4.59. The van der Waals surface area contributed by atoms with Crippen molar-refractivity contribution in [3.8, 4) is 5.75 Å². The molecule has 0 aliphatic heterocycles. The summed E-state index contributed by atoms with van der Waals surface area (Å²) in [5, 5.41) is 11.1. The van der Waals surface area contributed by atoms with Gasteiger partial charge in [-0.3, -0.25) is 0 Å². The first-order valence-corrected chi connectivity index (χ1v) is 5.57. The second kappa shape index (κ2) is 3.22. The van der Waals surface area contributed by atoms with Crippen molar-refractivity contribution in [2.45, 2.75) is 25.3 Å². The van der Waals surface area contributed by atoms with E-state index in [1.165, 1.54) is 0 Å². The molecule has 0 radical (unpaired) electrons. The van der Waals surface area contributed by atoms with Crippen LogP contribution >= 0.6 is 0 Å². The zero-order valence-corrected chi connectivity index (χ0v) is 9.45. The van der Waals surface area contributed by atoms with Crippen molar-refractivity contribution in [2.75, 3.05) is 0 Å². The number of nitrogens with one attached hydrogen (secondary N) is 1. The van der Waals surface area contributed by atoms with Crippen LogP contribution in [0.25, 0.3) is 10.9 Å². The van der Waals surface area contributed by atoms with Gasteiger partial charge in [-0.05, 0) is 31.4 Å². The van der Waals surface area contributed by atoms with E-state index in [1.807, 2.05) is 25.3 Å². The van der Waals surface area contributed by atoms with Crippen molar-refractivity contribution in [3.05, 3.63) is 29.5 Å². The van der Waals surface area contributed by atoms with E-state index < -0.39 is 5.54 Å². The van der Waals surface area contributed by atoms with Crippen molar-refractivity contribution in [1.82, 2.24) is 4.98 Å². The van der Waals surface area contributed by atoms with Gasteiger partial charge in [-0.2, -0.15) is 4.99 Å². The van der Waals surface area contributed by atoms with Gasteiger partial charge in [0.1, 0.15) is 11.3 Å². The summed E-state index contributed by atoms with van der Waals surface area (Å²) in [4.78, 5) is 17.4. The van der Waals surface area contributed by atoms with Crippen LogP contribution < -0.4 is 0 Å². The largest absolute Gasteiger partial charge is 0.507 e. The molecule has 86 valence electrons. The molecule has 4 heteroatoms. The number of carbonyl (C=O) groups excluding carboxylic acids is 1. The molecule has 1 aliphatic carbocycles. The number of aromatic nitrogens is 1. The third kappa shape index (κ3) is 1.31. The van der Waals surface area contributed by atoms with E-state index in [4.69, 9.17) is 0 Å². The molecule has 1 aromatic heterocycles. The van der Waals surface area contributed by atoms with Gasteiger partial charge >= 0.3 is 0 Å². The molecule has 0 atom stereocenters. The lowest BCUT2D eigenvalue weighted by Crippen LogP contribution is -2.02. The molecule has 0 unspecified atom stereocenters. The van der Waals surface area contributed by atoms with Crippen LogP contribution in [0.15, 0.2) is 23.3 Å². The van der Waals surface area contributed by atoms with Crippen LogP contribution in [0.5, 0.6) is 5.75 Å². The SMILES string of the molecule is Cc1c[nH]c2ccc(C3(N=C=O)CC3)c(O)c12. The number of isocyanates is 1. The number of aromatic hydroxyl groups is 1. The minimum Gasteiger partial charge on any atom is -0.507 e. The van der Waals surface area contributed by atoms with Crippen LogP contribution in [0.1, 0.15) is 24.0 Å². The Morgan fingerprint density at radius 2 is 2.24 bits per heavy atom. The van der Waals surface area contributed by atoms with E-state index in [1.54, 1.807) is 6.08 Å². The van der Waals surface area contributed by atoms with Crippen LogP contribution in [0.2, 0.25) is 0 Å². The number of aromatic amines is 1. The van der Waals surface area contributed by atoms with Gasteiger partial charge in [0, 0.05) is 22.7 Å². The Balaban J connectivity index is 2.28. The van der Waals surface area contributed by atoms with E-state index in [0.29, 0.717) is 0 Å². The van der Waals surface area contributed by atoms with Crippen LogP contribution in [0.3, 0.4) is 0 Å². The molecule has 2 aromatic rings. The molecule has 1 heterocycles. The number of hydrogen-bond acceptors (Lipinski definition) is 3. The Labute approximate surface area is 98.0 Å². The van der Waals surface area contributed by atoms with E-state index in [9.17, 15) is 9.90 Å². The zero-order valence-electron chi connectivity index (χ0n) is 9.45. The fourth-order valence-electron chi connectivity index (χ4n) is 2.39. The van der Waals surface area contributed by atoms with Gasteiger partial charge in [0.15, 0.2) is 0 Å². The average molecular weight is 228 g/mol. The third-order valence-corrected chi connectivity index (χ3v) is 3.50. The fourth-order valence-corrected chi connectivity index (χ4v) is 2.39. The molecular formula is C13H12N2O2. The second-order valence-corrected chi connectivity index (χ2v) is 4.59. The van der Waals surface area contributed by atoms with Crippen molar-refractivity contribution >= 4 is 17.0 Å². The number of nitrogens with zero attached hydrogens (tertiary/aromatic N) is 1. The predicted molar refractivity (Wildman–Crippen MR) is 63.7 cm³/mol. The summed E-state index contributed by atoms with van der Waals surface area (Å²) in [5.41, 5.74) is 2.10. The van der Waals surface area contributed by atoms with Crippen LogP contribution in [-0.4, -0.2) is 16.2 Å². The zero-order chi connectivity index (χ0) is 12.0. The molecule has 1 saturated carbocycles. The summed E-state index contributed by atoms with van der Waals surface area (Å²) < 4.78 is 0. The lowest BCUT2D eigenvalue weighted by molar-refractivity contribution is 0.465. The summed E-state index contributed by atoms with van der Waals surface area (Å²) in [6.07, 6.45) is 5.06. The van der Waals surface area contributed by atoms with Crippen molar-refractivity contribution in [2.24, 2.45) is 4.99 Å². The van der Waals surface area contributed by atoms with E-state index in [2.05, 4.69) is 9.98 Å². The molecule has 2 N–H and O–H groups in total. The Kier molecular flexibility index (Phi) is 1.91. The molecule has 1 fully saturated rings. The van der Waals surface area contributed by atoms with Crippen molar-refractivity contribution < 1.29 is 9.90 Å². The fraction of sp³-hybridized carbons (Fsp3) is 0.308. The van der Waals surface area contributed by atoms with Gasteiger partial charge in [0.2, 0.25) is 6.08 Å². The van der Waals surface area contributed by atoms with Gasteiger partial charge in [0.25, 0.3) is 0 Å². The topological polar surface area (TPSA) is 65.5 Å². The number of phenolic OH excluding ortho intramolecular Hbond substituents is 1. The number of benzene rings is 1. The third-order valence-electron chi connectivity index (χ3n) is 3.50. The molecule has 0 bridgehead atoms. The molecular weight excluding hydrogens is 216 g/mol. The lowest BCUT2D eigenvalue weighted by atomic mass is 10.0. The van der Waals surface area contributed by atoms with Gasteiger partial charge in [-0.15, -0.1) is 0 Å². The van der Waals surface area contributed by atoms with Gasteiger partial charge < -0.3 is 10.1 Å². The molecule has 0 amide bonds. The molecule has 1 aliphatic rings. The molecule has 0 saturated heterocycles. The summed E-state index contributed by atoms with van der Waals surface area (Å²) in [5.74, 6) is 0.234. The Morgan fingerprint density at radius 3 is 2.88 bits per heavy atom. The number of aryl methyl sites for hydroxylation is 1. The number of hydrogen-bond donors (Lipinski definition) is 2. The average Bonchev–Trinajstić information content (AvgIpc) is 2.97. The molecule has 17 heavy (non-hydrogen) atoms. The molecule has 0 spiro atoms. The molecule has 4 nitrogen and oxygen atoms in total. The number of rotatable bonds is 2. The normalized spacial score (nSPS) is 16.8. The van der Waals surface area contributed by atoms with E-state index >= 15 is 0 Å². The highest BCUT2D eigenvalue weighted by Crippen LogP contribution is 2.53. The highest BCUT2D eigenvalue weighted by atomic mass is 16.3. The summed E-state index contributed by atoms with van der Waals surface area (Å²) in [7, 11) is 0. The van der Waals surface area contributed by atoms with Crippen LogP contribution in [0, 0.1) is 6.92 Å². The summed E-state index contributed by atoms with van der Waals surface area (Å²) >= 11 is 0. The number of H-pyrrole nitrogens is 1. The first kappa shape index (κ1) is 10.1. The Hall–Kier alpha value is -2.06. The first-order valence-electron chi connectivity index (χ1n) is 5.57. The minimum atomic E-state index is -0.524. The maximum atomic E-state index is 10.4. The Morgan fingerprint density at radius 1 is 1.47 bits per heavy atom. The quantitative estimate of drug-likeness (QED) is 0.612. The van der Waals surface area contributed by atoms with E-state index in [0.717, 1.165) is 34.9 Å². The summed E-state index contributed by atoms with van der Waals surface area (Å²) in [6.45, 7) is 1.94. The predicted octanol–water partition coefficient (Wildman–Crippen LogP) is 2.51. The molecule has 1 aromatic carbocycles. The van der Waals surface area contributed by atoms with Crippen LogP contribution in [0.4, 0.5) is 0 Å². The van der Waals surface area contributed by atoms with Crippen molar-refractivity contribution in [3.63, 3.8) is 0 Å². The highest BCUT2D eigenvalue weighted by Gasteiger charge is 2.47. The number of aliphatic imine (C=N–C) groups is 1. The standard InChI is InChI=1S/C13H12N2O2/c1-8-6-14-10-3-2-9(12(17)11(8)10)13(4-5-13)15-7-16/h2-3,6,14,17H,4-5H2,1H3. The first-order chi connectivity index (χ1) is 8.18. The smallest absolute Gasteiger partial charge is 0.235 e. The Bertz CT molecular complexity index is 647. The molecule has 3 rings (SSSR count).